The number of esters is 1. The Balaban J connectivity index is 4.76. The van der Waals surface area contributed by atoms with Gasteiger partial charge in [-0.05, 0) is 0 Å². The highest BCUT2D eigenvalue weighted by Gasteiger charge is 2.44. The fraction of sp³-hybridized carbons (Fsp3) is 0.571. The highest BCUT2D eigenvalue weighted by Crippen LogP contribution is 2.18. The molecule has 5 nitrogen and oxygen atoms in total. The predicted molar refractivity (Wildman–Crippen MR) is 40.5 cm³/mol. The van der Waals surface area contributed by atoms with Crippen molar-refractivity contribution < 1.29 is 32.3 Å². The van der Waals surface area contributed by atoms with Gasteiger partial charge in [-0.3, -0.25) is 19.3 Å². The van der Waals surface area contributed by atoms with Gasteiger partial charge in [-0.2, -0.15) is 13.2 Å². The third-order valence-corrected chi connectivity index (χ3v) is 1.38. The number of carbonyl (C=O) groups excluding carboxylic acids is 3. The van der Waals surface area contributed by atoms with Crippen LogP contribution in [0.25, 0.3) is 0 Å². The van der Waals surface area contributed by atoms with Crippen molar-refractivity contribution in [2.75, 3.05) is 13.7 Å². The molecule has 0 saturated carbocycles. The Morgan fingerprint density at radius 1 is 1.27 bits per heavy atom. The largest absolute Gasteiger partial charge is 0.471 e. The summed E-state index contributed by atoms with van der Waals surface area (Å²) in [5.74, 6) is -4.68. The zero-order valence-electron chi connectivity index (χ0n) is 7.92. The molecule has 0 radical (unpaired) electrons. The van der Waals surface area contributed by atoms with E-state index < -0.39 is 30.5 Å². The first-order valence-electron chi connectivity index (χ1n) is 3.66. The topological polar surface area (TPSA) is 63.7 Å². The molecule has 0 rings (SSSR count). The number of ether oxygens (including phenoxy) is 1. The SMILES string of the molecule is COC(=O)CN(C(C)=O)C(=O)C(F)(F)F. The summed E-state index contributed by atoms with van der Waals surface area (Å²) in [7, 11) is 0.929. The van der Waals surface area contributed by atoms with Gasteiger partial charge in [0, 0.05) is 6.92 Å². The maximum atomic E-state index is 11.9. The van der Waals surface area contributed by atoms with Crippen molar-refractivity contribution in [1.82, 2.24) is 4.90 Å². The van der Waals surface area contributed by atoms with E-state index in [4.69, 9.17) is 0 Å². The molecule has 0 heterocycles. The van der Waals surface area contributed by atoms with Gasteiger partial charge in [-0.25, -0.2) is 0 Å². The summed E-state index contributed by atoms with van der Waals surface area (Å²) in [6, 6.07) is 0. The van der Waals surface area contributed by atoms with Crippen LogP contribution >= 0.6 is 0 Å². The lowest BCUT2D eigenvalue weighted by atomic mass is 10.4. The van der Waals surface area contributed by atoms with E-state index in [0.29, 0.717) is 0 Å². The Morgan fingerprint density at radius 2 is 1.73 bits per heavy atom. The molecule has 0 N–H and O–H groups in total. The molecular formula is C7H8F3NO4. The highest BCUT2D eigenvalue weighted by molar-refractivity contribution is 5.99. The van der Waals surface area contributed by atoms with E-state index in [2.05, 4.69) is 4.74 Å². The van der Waals surface area contributed by atoms with E-state index in [1.54, 1.807) is 0 Å². The van der Waals surface area contributed by atoms with Gasteiger partial charge in [0.2, 0.25) is 5.91 Å². The minimum absolute atomic E-state index is 0.230. The number of imide groups is 1. The summed E-state index contributed by atoms with van der Waals surface area (Å²) < 4.78 is 39.8. The first kappa shape index (κ1) is 13.4. The van der Waals surface area contributed by atoms with Crippen LogP contribution in [0.5, 0.6) is 0 Å². The minimum Gasteiger partial charge on any atom is -0.468 e. The van der Waals surface area contributed by atoms with Crippen molar-refractivity contribution in [3.05, 3.63) is 0 Å². The van der Waals surface area contributed by atoms with Gasteiger partial charge >= 0.3 is 18.1 Å². The standard InChI is InChI=1S/C7H8F3NO4/c1-4(12)11(3-5(13)15-2)6(14)7(8,9)10/h3H2,1-2H3. The Labute approximate surface area is 82.8 Å². The summed E-state index contributed by atoms with van der Waals surface area (Å²) in [6.07, 6.45) is -5.19. The van der Waals surface area contributed by atoms with Crippen LogP contribution in [0.2, 0.25) is 0 Å². The molecule has 0 aliphatic heterocycles. The number of nitrogens with zero attached hydrogens (tertiary/aromatic N) is 1. The van der Waals surface area contributed by atoms with Gasteiger partial charge in [0.1, 0.15) is 6.54 Å². The molecule has 0 unspecified atom stereocenters. The maximum absolute atomic E-state index is 11.9. The van der Waals surface area contributed by atoms with Crippen LogP contribution in [0.15, 0.2) is 0 Å². The number of alkyl halides is 3. The molecule has 0 spiro atoms. The molecular weight excluding hydrogens is 219 g/mol. The third-order valence-electron chi connectivity index (χ3n) is 1.38. The second kappa shape index (κ2) is 4.76. The van der Waals surface area contributed by atoms with E-state index in [0.717, 1.165) is 14.0 Å². The monoisotopic (exact) mass is 227 g/mol. The first-order chi connectivity index (χ1) is 6.70. The molecule has 8 heteroatoms. The van der Waals surface area contributed by atoms with Gasteiger partial charge in [0.25, 0.3) is 0 Å². The fourth-order valence-corrected chi connectivity index (χ4v) is 0.673. The molecule has 86 valence electrons. The third kappa shape index (κ3) is 3.96. The summed E-state index contributed by atoms with van der Waals surface area (Å²) in [5, 5.41) is 0. The van der Waals surface area contributed by atoms with Crippen LogP contribution in [-0.4, -0.2) is 42.5 Å². The number of carbonyl (C=O) groups is 3. The van der Waals surface area contributed by atoms with Gasteiger partial charge in [-0.1, -0.05) is 0 Å². The second-order valence-electron chi connectivity index (χ2n) is 2.48. The maximum Gasteiger partial charge on any atom is 0.471 e. The van der Waals surface area contributed by atoms with Crippen LogP contribution in [-0.2, 0) is 19.1 Å². The first-order valence-corrected chi connectivity index (χ1v) is 3.66. The predicted octanol–water partition coefficient (Wildman–Crippen LogP) is 0.0968. The molecule has 0 aliphatic carbocycles. The van der Waals surface area contributed by atoms with E-state index in [-0.39, 0.29) is 4.90 Å². The van der Waals surface area contributed by atoms with Crippen LogP contribution in [0.3, 0.4) is 0 Å². The van der Waals surface area contributed by atoms with Crippen molar-refractivity contribution in [2.24, 2.45) is 0 Å². The summed E-state index contributed by atoms with van der Waals surface area (Å²) in [6.45, 7) is -0.309. The lowest BCUT2D eigenvalue weighted by Gasteiger charge is -2.18. The van der Waals surface area contributed by atoms with Crippen molar-refractivity contribution in [3.63, 3.8) is 0 Å². The lowest BCUT2D eigenvalue weighted by molar-refractivity contribution is -0.188. The Bertz CT molecular complexity index is 286. The van der Waals surface area contributed by atoms with Crippen molar-refractivity contribution >= 4 is 17.8 Å². The minimum atomic E-state index is -5.19. The molecule has 2 amide bonds. The van der Waals surface area contributed by atoms with Crippen molar-refractivity contribution in [2.45, 2.75) is 13.1 Å². The molecule has 0 fully saturated rings. The zero-order valence-corrected chi connectivity index (χ0v) is 7.92. The lowest BCUT2D eigenvalue weighted by Crippen LogP contribution is -2.46. The molecule has 0 aromatic rings. The Hall–Kier alpha value is -1.60. The summed E-state index contributed by atoms with van der Waals surface area (Å²) in [5.41, 5.74) is 0. The van der Waals surface area contributed by atoms with Crippen molar-refractivity contribution in [3.8, 4) is 0 Å². The molecule has 15 heavy (non-hydrogen) atoms. The van der Waals surface area contributed by atoms with Gasteiger partial charge in [-0.15, -0.1) is 0 Å². The molecule has 0 aliphatic rings. The fourth-order valence-electron chi connectivity index (χ4n) is 0.673. The highest BCUT2D eigenvalue weighted by atomic mass is 19.4. The quantitative estimate of drug-likeness (QED) is 0.627. The van der Waals surface area contributed by atoms with Crippen LogP contribution in [0.1, 0.15) is 6.92 Å². The number of rotatable bonds is 2. The number of methoxy groups -OCH3 is 1. The second-order valence-corrected chi connectivity index (χ2v) is 2.48. The molecule has 0 saturated heterocycles. The normalized spacial score (nSPS) is 10.7. The molecule has 0 bridgehead atoms. The van der Waals surface area contributed by atoms with Crippen LogP contribution in [0, 0.1) is 0 Å². The van der Waals surface area contributed by atoms with E-state index in [1.165, 1.54) is 0 Å². The average molecular weight is 227 g/mol. The Morgan fingerprint density at radius 3 is 2.00 bits per heavy atom. The molecule has 0 aromatic heterocycles. The van der Waals surface area contributed by atoms with E-state index >= 15 is 0 Å². The van der Waals surface area contributed by atoms with Crippen LogP contribution in [0.4, 0.5) is 13.2 Å². The Kier molecular flexibility index (Phi) is 4.25. The van der Waals surface area contributed by atoms with E-state index in [9.17, 15) is 27.6 Å². The van der Waals surface area contributed by atoms with Gasteiger partial charge in [0.05, 0.1) is 7.11 Å². The van der Waals surface area contributed by atoms with Gasteiger partial charge < -0.3 is 4.74 Å². The molecule has 0 atom stereocenters. The van der Waals surface area contributed by atoms with Crippen LogP contribution < -0.4 is 0 Å². The molecule has 0 aromatic carbocycles. The number of amides is 2. The summed E-state index contributed by atoms with van der Waals surface area (Å²) >= 11 is 0. The van der Waals surface area contributed by atoms with E-state index in [1.807, 2.05) is 0 Å². The number of halogens is 3. The number of hydrogen-bond donors (Lipinski definition) is 0. The summed E-state index contributed by atoms with van der Waals surface area (Å²) in [4.78, 5) is 31.7. The smallest absolute Gasteiger partial charge is 0.468 e. The average Bonchev–Trinajstić information content (AvgIpc) is 2.10. The zero-order chi connectivity index (χ0) is 12.2. The van der Waals surface area contributed by atoms with Gasteiger partial charge in [0.15, 0.2) is 0 Å². The van der Waals surface area contributed by atoms with Crippen molar-refractivity contribution in [1.29, 1.82) is 0 Å². The number of hydrogen-bond acceptors (Lipinski definition) is 4.